The average molecular weight is 372 g/mol. The van der Waals surface area contributed by atoms with Gasteiger partial charge in [-0.05, 0) is 39.8 Å². The number of amides is 1. The van der Waals surface area contributed by atoms with Gasteiger partial charge in [0.05, 0.1) is 0 Å². The summed E-state index contributed by atoms with van der Waals surface area (Å²) in [7, 11) is 0. The summed E-state index contributed by atoms with van der Waals surface area (Å²) in [6, 6.07) is 15.5. The number of carbonyl (C=O) groups excluding carboxylic acids is 2. The number of ether oxygens (including phenoxy) is 1. The molecule has 0 heterocycles. The van der Waals surface area contributed by atoms with Crippen LogP contribution < -0.4 is 5.32 Å². The van der Waals surface area contributed by atoms with Gasteiger partial charge in [-0.1, -0.05) is 68.8 Å². The number of benzene rings is 2. The molecule has 2 atom stereocenters. The maximum absolute atomic E-state index is 12.2. The molecule has 0 spiro atoms. The molecule has 4 nitrogen and oxygen atoms in total. The van der Waals surface area contributed by atoms with Crippen molar-refractivity contribution in [3.63, 3.8) is 0 Å². The third-order valence-corrected chi connectivity index (χ3v) is 5.31. The summed E-state index contributed by atoms with van der Waals surface area (Å²) in [6.45, 7) is 4.02. The first-order valence-electron chi connectivity index (χ1n) is 8.83. The summed E-state index contributed by atoms with van der Waals surface area (Å²) in [6.07, 6.45) is 0.110. The predicted molar refractivity (Wildman–Crippen MR) is 102 cm³/mol. The lowest BCUT2D eigenvalue weighted by Gasteiger charge is -2.21. The third kappa shape index (κ3) is 3.61. The Balaban J connectivity index is 1.72. The maximum Gasteiger partial charge on any atom is 0.407 e. The number of nitrogens with one attached hydrogen (secondary N) is 1. The van der Waals surface area contributed by atoms with Crippen molar-refractivity contribution in [2.45, 2.75) is 32.2 Å². The first-order chi connectivity index (χ1) is 12.5. The summed E-state index contributed by atoms with van der Waals surface area (Å²) in [5.74, 6) is -0.0672. The fraction of sp³-hybridized carbons (Fsp3) is 0.333. The Morgan fingerprint density at radius 3 is 2.12 bits per heavy atom. The van der Waals surface area contributed by atoms with Crippen molar-refractivity contribution in [2.24, 2.45) is 5.92 Å². The number of fused-ring (bicyclic) bond motifs is 3. The van der Waals surface area contributed by atoms with E-state index >= 15 is 0 Å². The van der Waals surface area contributed by atoms with Gasteiger partial charge in [-0.2, -0.15) is 0 Å². The Hall–Kier alpha value is -2.33. The van der Waals surface area contributed by atoms with Gasteiger partial charge in [-0.25, -0.2) is 4.79 Å². The quantitative estimate of drug-likeness (QED) is 0.748. The van der Waals surface area contributed by atoms with Gasteiger partial charge in [0.15, 0.2) is 0 Å². The van der Waals surface area contributed by atoms with E-state index in [9.17, 15) is 9.59 Å². The second-order valence-electron chi connectivity index (χ2n) is 6.64. The summed E-state index contributed by atoms with van der Waals surface area (Å²) in [4.78, 5) is 23.8. The molecule has 1 amide bonds. The third-order valence-electron chi connectivity index (χ3n) is 5.07. The van der Waals surface area contributed by atoms with Gasteiger partial charge >= 0.3 is 6.09 Å². The highest BCUT2D eigenvalue weighted by atomic mass is 35.5. The summed E-state index contributed by atoms with van der Waals surface area (Å²) >= 11 is 5.61. The molecule has 136 valence electrons. The highest BCUT2D eigenvalue weighted by Crippen LogP contribution is 2.44. The molecule has 2 aromatic carbocycles. The Labute approximate surface area is 158 Å². The van der Waals surface area contributed by atoms with Gasteiger partial charge in [0.1, 0.15) is 12.6 Å². The van der Waals surface area contributed by atoms with E-state index in [2.05, 4.69) is 29.6 Å². The summed E-state index contributed by atoms with van der Waals surface area (Å²) in [5.41, 5.74) is 4.64. The van der Waals surface area contributed by atoms with E-state index in [-0.39, 0.29) is 18.4 Å². The van der Waals surface area contributed by atoms with Gasteiger partial charge in [0, 0.05) is 5.92 Å². The highest BCUT2D eigenvalue weighted by molar-refractivity contribution is 6.64. The van der Waals surface area contributed by atoms with Crippen molar-refractivity contribution in [3.05, 3.63) is 59.7 Å². The first kappa shape index (κ1) is 18.5. The van der Waals surface area contributed by atoms with E-state index in [1.807, 2.05) is 38.1 Å². The van der Waals surface area contributed by atoms with Gasteiger partial charge in [-0.15, -0.1) is 0 Å². The number of carbonyl (C=O) groups is 2. The van der Waals surface area contributed by atoms with E-state index in [1.165, 1.54) is 11.1 Å². The zero-order chi connectivity index (χ0) is 18.7. The second kappa shape index (κ2) is 7.92. The average Bonchev–Trinajstić information content (AvgIpc) is 2.97. The topological polar surface area (TPSA) is 55.4 Å². The zero-order valence-corrected chi connectivity index (χ0v) is 15.6. The number of hydrogen-bond donors (Lipinski definition) is 1. The Kier molecular flexibility index (Phi) is 5.62. The molecule has 0 bridgehead atoms. The van der Waals surface area contributed by atoms with Crippen molar-refractivity contribution < 1.29 is 14.3 Å². The lowest BCUT2D eigenvalue weighted by atomic mass is 9.98. The predicted octanol–water partition coefficient (Wildman–Crippen LogP) is 4.71. The fourth-order valence-corrected chi connectivity index (χ4v) is 3.70. The van der Waals surface area contributed by atoms with Crippen molar-refractivity contribution >= 4 is 22.9 Å². The molecular formula is C21H22ClNO3. The SMILES string of the molecule is CCC(C)[C@@H](NC(=O)OCC1c2ccccc2-c2ccccc21)C(=O)Cl. The number of hydrogen-bond acceptors (Lipinski definition) is 3. The van der Waals surface area contributed by atoms with Crippen LogP contribution in [-0.4, -0.2) is 24.0 Å². The largest absolute Gasteiger partial charge is 0.449 e. The molecule has 2 aromatic rings. The van der Waals surface area contributed by atoms with E-state index < -0.39 is 17.4 Å². The number of alkyl carbamates (subject to hydrolysis) is 1. The van der Waals surface area contributed by atoms with Gasteiger partial charge < -0.3 is 10.1 Å². The molecule has 0 fully saturated rings. The van der Waals surface area contributed by atoms with Gasteiger partial charge in [-0.3, -0.25) is 4.79 Å². The van der Waals surface area contributed by atoms with Crippen LogP contribution in [0.3, 0.4) is 0 Å². The molecule has 26 heavy (non-hydrogen) atoms. The Bertz CT molecular complexity index is 775. The zero-order valence-electron chi connectivity index (χ0n) is 14.9. The van der Waals surface area contributed by atoms with Crippen LogP contribution in [0.25, 0.3) is 11.1 Å². The van der Waals surface area contributed by atoms with E-state index in [1.54, 1.807) is 0 Å². The molecule has 5 heteroatoms. The fourth-order valence-electron chi connectivity index (χ4n) is 3.43. The monoisotopic (exact) mass is 371 g/mol. The molecule has 1 aliphatic rings. The van der Waals surface area contributed by atoms with E-state index in [0.29, 0.717) is 0 Å². The lowest BCUT2D eigenvalue weighted by molar-refractivity contribution is -0.114. The molecule has 0 radical (unpaired) electrons. The van der Waals surface area contributed by atoms with E-state index in [4.69, 9.17) is 16.3 Å². The highest BCUT2D eigenvalue weighted by Gasteiger charge is 2.30. The molecule has 1 aliphatic carbocycles. The normalized spacial score (nSPS) is 14.9. The summed E-state index contributed by atoms with van der Waals surface area (Å²) < 4.78 is 5.45. The first-order valence-corrected chi connectivity index (χ1v) is 9.21. The molecule has 3 rings (SSSR count). The summed E-state index contributed by atoms with van der Waals surface area (Å²) in [5, 5.41) is 2.02. The van der Waals surface area contributed by atoms with Crippen LogP contribution in [-0.2, 0) is 9.53 Å². The second-order valence-corrected chi connectivity index (χ2v) is 7.01. The Morgan fingerprint density at radius 1 is 1.08 bits per heavy atom. The minimum Gasteiger partial charge on any atom is -0.449 e. The molecule has 0 aromatic heterocycles. The van der Waals surface area contributed by atoms with Crippen molar-refractivity contribution in [1.29, 1.82) is 0 Å². The minimum atomic E-state index is -0.739. The van der Waals surface area contributed by atoms with Crippen LogP contribution in [0.5, 0.6) is 0 Å². The van der Waals surface area contributed by atoms with Crippen LogP contribution in [0.1, 0.15) is 37.3 Å². The molecule has 1 N–H and O–H groups in total. The Morgan fingerprint density at radius 2 is 1.62 bits per heavy atom. The van der Waals surface area contributed by atoms with Crippen molar-refractivity contribution in [1.82, 2.24) is 5.32 Å². The van der Waals surface area contributed by atoms with Crippen LogP contribution in [0, 0.1) is 5.92 Å². The van der Waals surface area contributed by atoms with Crippen LogP contribution in [0.15, 0.2) is 48.5 Å². The van der Waals surface area contributed by atoms with Gasteiger partial charge in [0.2, 0.25) is 5.24 Å². The van der Waals surface area contributed by atoms with Crippen molar-refractivity contribution in [3.8, 4) is 11.1 Å². The molecule has 1 unspecified atom stereocenters. The van der Waals surface area contributed by atoms with Crippen LogP contribution in [0.4, 0.5) is 4.79 Å². The van der Waals surface area contributed by atoms with E-state index in [0.717, 1.165) is 17.5 Å². The number of rotatable bonds is 6. The van der Waals surface area contributed by atoms with Crippen molar-refractivity contribution in [2.75, 3.05) is 6.61 Å². The smallest absolute Gasteiger partial charge is 0.407 e. The standard InChI is InChI=1S/C21H22ClNO3/c1-3-13(2)19(20(22)24)23-21(25)26-12-18-16-10-6-4-8-14(16)15-9-5-7-11-17(15)18/h4-11,13,18-19H,3,12H2,1-2H3,(H,23,25)/t13?,19-/m1/s1. The minimum absolute atomic E-state index is 0.0121. The van der Waals surface area contributed by atoms with Crippen LogP contribution >= 0.6 is 11.6 Å². The number of halogens is 1. The molecule has 0 saturated heterocycles. The lowest BCUT2D eigenvalue weighted by Crippen LogP contribution is -2.43. The maximum atomic E-state index is 12.2. The molecule has 0 aliphatic heterocycles. The van der Waals surface area contributed by atoms with Crippen LogP contribution in [0.2, 0.25) is 0 Å². The molecule has 0 saturated carbocycles. The molecular weight excluding hydrogens is 350 g/mol. The van der Waals surface area contributed by atoms with Gasteiger partial charge in [0.25, 0.3) is 0 Å².